The van der Waals surface area contributed by atoms with Crippen LogP contribution >= 0.6 is 7.26 Å². The van der Waals surface area contributed by atoms with Crippen molar-refractivity contribution in [3.8, 4) is 0 Å². The Hall–Kier alpha value is -2.21. The molecule has 0 aliphatic rings. The summed E-state index contributed by atoms with van der Waals surface area (Å²) in [4.78, 5) is 11.2. The maximum absolute atomic E-state index is 11.2. The lowest BCUT2D eigenvalue weighted by Crippen LogP contribution is -3.00. The molecule has 0 aliphatic carbocycles. The second kappa shape index (κ2) is 9.48. The number of hydrogen-bond donors (Lipinski definition) is 0. The third-order valence-electron chi connectivity index (χ3n) is 4.46. The van der Waals surface area contributed by atoms with Gasteiger partial charge >= 0.3 is 0 Å². The Kier molecular flexibility index (Phi) is 7.33. The van der Waals surface area contributed by atoms with E-state index in [9.17, 15) is 4.79 Å². The van der Waals surface area contributed by atoms with Crippen LogP contribution in [0.4, 0.5) is 0 Å². The Morgan fingerprint density at radius 2 is 1.08 bits per heavy atom. The molecule has 0 atom stereocenters. The van der Waals surface area contributed by atoms with Gasteiger partial charge < -0.3 is 12.4 Å². The molecule has 0 radical (unpaired) electrons. The van der Waals surface area contributed by atoms with Gasteiger partial charge in [0.05, 0.1) is 6.16 Å². The minimum Gasteiger partial charge on any atom is -1.00 e. The molecule has 0 bridgehead atoms. The van der Waals surface area contributed by atoms with Gasteiger partial charge in [0.25, 0.3) is 0 Å². The van der Waals surface area contributed by atoms with Gasteiger partial charge in [0, 0.05) is 0 Å². The van der Waals surface area contributed by atoms with E-state index in [1.165, 1.54) is 15.9 Å². The minimum absolute atomic E-state index is 0. The maximum Gasteiger partial charge on any atom is 0.145 e. The number of rotatable bonds is 6. The third-order valence-corrected chi connectivity index (χ3v) is 8.73. The van der Waals surface area contributed by atoms with Crippen molar-refractivity contribution in [2.75, 3.05) is 6.16 Å². The van der Waals surface area contributed by atoms with Crippen molar-refractivity contribution in [1.29, 1.82) is 0 Å². The topological polar surface area (TPSA) is 17.1 Å². The third kappa shape index (κ3) is 4.12. The van der Waals surface area contributed by atoms with Crippen LogP contribution in [0.5, 0.6) is 0 Å². The van der Waals surface area contributed by atoms with E-state index in [1.807, 2.05) is 6.92 Å². The molecule has 1 nitrogen and oxygen atoms in total. The summed E-state index contributed by atoms with van der Waals surface area (Å²) in [6, 6.07) is 32.1. The first-order valence-electron chi connectivity index (χ1n) is 8.44. The molecule has 132 valence electrons. The molecule has 3 aromatic carbocycles. The van der Waals surface area contributed by atoms with Gasteiger partial charge in [0.1, 0.15) is 29.5 Å². The summed E-state index contributed by atoms with van der Waals surface area (Å²) in [5, 5.41) is 4.01. The van der Waals surface area contributed by atoms with Gasteiger partial charge in [-0.3, -0.25) is 4.79 Å². The van der Waals surface area contributed by atoms with Crippen molar-refractivity contribution >= 4 is 29.5 Å². The fourth-order valence-electron chi connectivity index (χ4n) is 3.14. The first kappa shape index (κ1) is 20.1. The lowest BCUT2D eigenvalue weighted by molar-refractivity contribution is -0.104. The zero-order valence-electron chi connectivity index (χ0n) is 14.8. The Bertz CT molecular complexity index is 748. The van der Waals surface area contributed by atoms with Crippen molar-refractivity contribution in [1.82, 2.24) is 0 Å². The lowest BCUT2D eigenvalue weighted by Gasteiger charge is -2.26. The van der Waals surface area contributed by atoms with Crippen molar-refractivity contribution in [3.63, 3.8) is 0 Å². The SMILES string of the molecule is C/C(C=O)=C\C[P+](c1ccccc1)(c1ccccc1)c1ccccc1.[Cl-]. The van der Waals surface area contributed by atoms with E-state index in [2.05, 4.69) is 97.1 Å². The molecule has 0 spiro atoms. The summed E-state index contributed by atoms with van der Waals surface area (Å²) in [6.45, 7) is 1.88. The smallest absolute Gasteiger partial charge is 0.145 e. The molecule has 0 amide bonds. The van der Waals surface area contributed by atoms with Crippen molar-refractivity contribution in [3.05, 3.63) is 103 Å². The van der Waals surface area contributed by atoms with Gasteiger partial charge in [-0.25, -0.2) is 0 Å². The quantitative estimate of drug-likeness (QED) is 0.356. The standard InChI is InChI=1S/C23H22OP.ClH/c1-20(19-24)17-18-25(21-11-5-2-6-12-21,22-13-7-3-8-14-22)23-15-9-4-10-16-23;/h2-17,19H,18H2,1H3;1H/q+1;/p-1/b20-17+;. The van der Waals surface area contributed by atoms with Crippen LogP contribution in [-0.4, -0.2) is 12.4 Å². The predicted octanol–water partition coefficient (Wildman–Crippen LogP) is 1.13. The van der Waals surface area contributed by atoms with Gasteiger partial charge in [-0.2, -0.15) is 0 Å². The average Bonchev–Trinajstić information content (AvgIpc) is 2.71. The van der Waals surface area contributed by atoms with Crippen LogP contribution < -0.4 is 28.3 Å². The molecule has 0 N–H and O–H groups in total. The molecular weight excluding hydrogens is 359 g/mol. The van der Waals surface area contributed by atoms with Crippen LogP contribution in [0.3, 0.4) is 0 Å². The maximum atomic E-state index is 11.2. The number of hydrogen-bond acceptors (Lipinski definition) is 1. The highest BCUT2D eigenvalue weighted by molar-refractivity contribution is 7.95. The zero-order valence-corrected chi connectivity index (χ0v) is 16.4. The molecule has 3 heteroatoms. The molecule has 0 aromatic heterocycles. The van der Waals surface area contributed by atoms with Crippen molar-refractivity contribution < 1.29 is 17.2 Å². The molecule has 26 heavy (non-hydrogen) atoms. The number of carbonyl (C=O) groups is 1. The molecule has 0 unspecified atom stereocenters. The Labute approximate surface area is 162 Å². The van der Waals surface area contributed by atoms with Crippen LogP contribution in [0.2, 0.25) is 0 Å². The summed E-state index contributed by atoms with van der Waals surface area (Å²) in [5.41, 5.74) is 0.784. The molecule has 0 saturated carbocycles. The highest BCUT2D eigenvalue weighted by atomic mass is 35.5. The zero-order chi connectivity index (χ0) is 17.5. The molecule has 0 heterocycles. The first-order valence-corrected chi connectivity index (χ1v) is 10.4. The fraction of sp³-hybridized carbons (Fsp3) is 0.0870. The number of halogens is 1. The van der Waals surface area contributed by atoms with E-state index in [1.54, 1.807) is 0 Å². The molecule has 3 aromatic rings. The Morgan fingerprint density at radius 3 is 1.38 bits per heavy atom. The van der Waals surface area contributed by atoms with Crippen LogP contribution in [0.1, 0.15) is 6.92 Å². The lowest BCUT2D eigenvalue weighted by atomic mass is 10.3. The van der Waals surface area contributed by atoms with Crippen LogP contribution in [0.25, 0.3) is 0 Å². The summed E-state index contributed by atoms with van der Waals surface area (Å²) < 4.78 is 0. The minimum atomic E-state index is -1.86. The number of aldehydes is 1. The largest absolute Gasteiger partial charge is 1.00 e. The van der Waals surface area contributed by atoms with E-state index in [4.69, 9.17) is 0 Å². The van der Waals surface area contributed by atoms with Gasteiger partial charge in [0.15, 0.2) is 0 Å². The molecule has 0 fully saturated rings. The highest BCUT2D eigenvalue weighted by Gasteiger charge is 2.44. The van der Waals surface area contributed by atoms with Crippen LogP contribution in [0.15, 0.2) is 103 Å². The van der Waals surface area contributed by atoms with Crippen LogP contribution in [0, 0.1) is 0 Å². The van der Waals surface area contributed by atoms with Gasteiger partial charge in [-0.05, 0) is 55.0 Å². The van der Waals surface area contributed by atoms with E-state index in [0.717, 1.165) is 18.0 Å². The van der Waals surface area contributed by atoms with Gasteiger partial charge in [-0.1, -0.05) is 54.6 Å². The average molecular weight is 381 g/mol. The first-order chi connectivity index (χ1) is 12.3. The summed E-state index contributed by atoms with van der Waals surface area (Å²) in [6.07, 6.45) is 3.87. The summed E-state index contributed by atoms with van der Waals surface area (Å²) in [7, 11) is -1.86. The van der Waals surface area contributed by atoms with E-state index >= 15 is 0 Å². The normalized spacial score (nSPS) is 11.5. The predicted molar refractivity (Wildman–Crippen MR) is 110 cm³/mol. The van der Waals surface area contributed by atoms with Crippen LogP contribution in [-0.2, 0) is 4.79 Å². The van der Waals surface area contributed by atoms with Gasteiger partial charge in [-0.15, -0.1) is 0 Å². The summed E-state index contributed by atoms with van der Waals surface area (Å²) in [5.74, 6) is 0. The van der Waals surface area contributed by atoms with E-state index in [-0.39, 0.29) is 12.4 Å². The fourth-order valence-corrected chi connectivity index (χ4v) is 7.27. The second-order valence-electron chi connectivity index (χ2n) is 6.06. The Balaban J connectivity index is 0.00000243. The number of benzene rings is 3. The monoisotopic (exact) mass is 380 g/mol. The summed E-state index contributed by atoms with van der Waals surface area (Å²) >= 11 is 0. The van der Waals surface area contributed by atoms with E-state index < -0.39 is 7.26 Å². The van der Waals surface area contributed by atoms with Crippen molar-refractivity contribution in [2.45, 2.75) is 6.92 Å². The molecule has 0 aliphatic heterocycles. The molecule has 3 rings (SSSR count). The molecule has 0 saturated heterocycles. The second-order valence-corrected chi connectivity index (χ2v) is 9.60. The van der Waals surface area contributed by atoms with Crippen molar-refractivity contribution in [2.24, 2.45) is 0 Å². The molecular formula is C23H22ClOP. The highest BCUT2D eigenvalue weighted by Crippen LogP contribution is 2.55. The van der Waals surface area contributed by atoms with E-state index in [0.29, 0.717) is 0 Å². The number of allylic oxidation sites excluding steroid dienone is 2. The Morgan fingerprint density at radius 1 is 0.731 bits per heavy atom. The van der Waals surface area contributed by atoms with Gasteiger partial charge in [0.2, 0.25) is 0 Å². The number of carbonyl (C=O) groups excluding carboxylic acids is 1.